The third-order valence-corrected chi connectivity index (χ3v) is 5.55. The highest BCUT2D eigenvalue weighted by molar-refractivity contribution is 6.29. The molecule has 2 heterocycles. The molecular formula is C17H22ClN3. The summed E-state index contributed by atoms with van der Waals surface area (Å²) in [7, 11) is 0. The predicted octanol–water partition coefficient (Wildman–Crippen LogP) is 3.21. The van der Waals surface area contributed by atoms with E-state index in [9.17, 15) is 0 Å². The Morgan fingerprint density at radius 3 is 2.71 bits per heavy atom. The summed E-state index contributed by atoms with van der Waals surface area (Å²) in [6.07, 6.45) is 9.15. The van der Waals surface area contributed by atoms with Crippen molar-refractivity contribution in [1.29, 1.82) is 0 Å². The van der Waals surface area contributed by atoms with Crippen LogP contribution in [0, 0.1) is 11.3 Å². The minimum Gasteiger partial charge on any atom is -0.354 e. The van der Waals surface area contributed by atoms with Crippen molar-refractivity contribution in [3.63, 3.8) is 0 Å². The Balaban J connectivity index is 1.36. The molecule has 0 radical (unpaired) electrons. The molecule has 1 saturated carbocycles. The predicted molar refractivity (Wildman–Crippen MR) is 86.8 cm³/mol. The van der Waals surface area contributed by atoms with Crippen LogP contribution >= 0.6 is 11.6 Å². The van der Waals surface area contributed by atoms with Crippen LogP contribution in [0.15, 0.2) is 30.4 Å². The summed E-state index contributed by atoms with van der Waals surface area (Å²) in [6, 6.07) is 5.88. The molecule has 4 heteroatoms. The van der Waals surface area contributed by atoms with Gasteiger partial charge in [0, 0.05) is 38.1 Å². The van der Waals surface area contributed by atoms with Gasteiger partial charge in [-0.05, 0) is 37.3 Å². The zero-order chi connectivity index (χ0) is 14.3. The Morgan fingerprint density at radius 2 is 2.10 bits per heavy atom. The first-order valence-corrected chi connectivity index (χ1v) is 8.40. The Kier molecular flexibility index (Phi) is 3.43. The summed E-state index contributed by atoms with van der Waals surface area (Å²) < 4.78 is 0. The minimum atomic E-state index is 0.501. The number of pyridine rings is 1. The highest BCUT2D eigenvalue weighted by atomic mass is 35.5. The summed E-state index contributed by atoms with van der Waals surface area (Å²) in [4.78, 5) is 9.41. The molecule has 2 aliphatic carbocycles. The second-order valence-electron chi connectivity index (χ2n) is 6.81. The van der Waals surface area contributed by atoms with Gasteiger partial charge < -0.3 is 4.90 Å². The van der Waals surface area contributed by atoms with E-state index in [2.05, 4.69) is 33.0 Å². The van der Waals surface area contributed by atoms with Gasteiger partial charge >= 0.3 is 0 Å². The molecule has 1 aliphatic heterocycles. The summed E-state index contributed by atoms with van der Waals surface area (Å²) in [5.41, 5.74) is 0.501. The SMILES string of the molecule is Clc1cccc(N2CCN(CC34C=CC(CC3)C4)CC2)n1. The molecule has 2 fully saturated rings. The number of hydrogen-bond acceptors (Lipinski definition) is 3. The Hall–Kier alpha value is -1.06. The van der Waals surface area contributed by atoms with Gasteiger partial charge in [0.15, 0.2) is 0 Å². The first-order valence-electron chi connectivity index (χ1n) is 8.02. The summed E-state index contributed by atoms with van der Waals surface area (Å²) >= 11 is 5.99. The fourth-order valence-corrected chi connectivity index (χ4v) is 4.36. The monoisotopic (exact) mass is 303 g/mol. The van der Waals surface area contributed by atoms with E-state index >= 15 is 0 Å². The van der Waals surface area contributed by atoms with Gasteiger partial charge in [-0.25, -0.2) is 4.98 Å². The summed E-state index contributed by atoms with van der Waals surface area (Å²) in [6.45, 7) is 5.62. The number of aromatic nitrogens is 1. The van der Waals surface area contributed by atoms with Crippen molar-refractivity contribution < 1.29 is 0 Å². The topological polar surface area (TPSA) is 19.4 Å². The normalized spacial score (nSPS) is 32.0. The van der Waals surface area contributed by atoms with Gasteiger partial charge in [-0.1, -0.05) is 29.8 Å². The quantitative estimate of drug-likeness (QED) is 0.631. The second kappa shape index (κ2) is 5.29. The lowest BCUT2D eigenvalue weighted by Gasteiger charge is -2.39. The van der Waals surface area contributed by atoms with Crippen LogP contribution in [0.1, 0.15) is 19.3 Å². The molecule has 0 aromatic carbocycles. The van der Waals surface area contributed by atoms with Gasteiger partial charge in [0.2, 0.25) is 0 Å². The lowest BCUT2D eigenvalue weighted by Crippen LogP contribution is -2.49. The minimum absolute atomic E-state index is 0.501. The van der Waals surface area contributed by atoms with Crippen molar-refractivity contribution in [1.82, 2.24) is 9.88 Å². The van der Waals surface area contributed by atoms with Gasteiger partial charge in [0.1, 0.15) is 11.0 Å². The molecule has 3 nitrogen and oxygen atoms in total. The van der Waals surface area contributed by atoms with E-state index < -0.39 is 0 Å². The second-order valence-corrected chi connectivity index (χ2v) is 7.19. The van der Waals surface area contributed by atoms with Gasteiger partial charge in [-0.15, -0.1) is 0 Å². The number of piperazine rings is 1. The molecule has 2 bridgehead atoms. The van der Waals surface area contributed by atoms with Crippen molar-refractivity contribution in [2.75, 3.05) is 37.6 Å². The van der Waals surface area contributed by atoms with Crippen molar-refractivity contribution in [3.8, 4) is 0 Å². The molecule has 1 aromatic rings. The molecule has 3 aliphatic rings. The van der Waals surface area contributed by atoms with Gasteiger partial charge in [-0.2, -0.15) is 0 Å². The molecule has 112 valence electrons. The zero-order valence-electron chi connectivity index (χ0n) is 12.3. The third kappa shape index (κ3) is 2.69. The lowest BCUT2D eigenvalue weighted by molar-refractivity contribution is 0.182. The van der Waals surface area contributed by atoms with Crippen molar-refractivity contribution >= 4 is 17.4 Å². The zero-order valence-corrected chi connectivity index (χ0v) is 13.1. The van der Waals surface area contributed by atoms with Crippen LogP contribution in [-0.2, 0) is 0 Å². The average molecular weight is 304 g/mol. The smallest absolute Gasteiger partial charge is 0.131 e. The van der Waals surface area contributed by atoms with Crippen LogP contribution < -0.4 is 4.90 Å². The molecule has 21 heavy (non-hydrogen) atoms. The summed E-state index contributed by atoms with van der Waals surface area (Å²) in [5.74, 6) is 1.89. The maximum atomic E-state index is 5.99. The molecule has 2 unspecified atom stereocenters. The number of hydrogen-bond donors (Lipinski definition) is 0. The van der Waals surface area contributed by atoms with E-state index in [0.29, 0.717) is 10.6 Å². The molecule has 2 atom stereocenters. The average Bonchev–Trinajstić information content (AvgIpc) is 3.08. The van der Waals surface area contributed by atoms with E-state index in [1.807, 2.05) is 12.1 Å². The third-order valence-electron chi connectivity index (χ3n) is 5.34. The van der Waals surface area contributed by atoms with Crippen LogP contribution in [0.5, 0.6) is 0 Å². The highest BCUT2D eigenvalue weighted by Crippen LogP contribution is 2.49. The van der Waals surface area contributed by atoms with Crippen LogP contribution in [0.2, 0.25) is 5.15 Å². The van der Waals surface area contributed by atoms with Crippen LogP contribution in [0.4, 0.5) is 5.82 Å². The van der Waals surface area contributed by atoms with Crippen LogP contribution in [0.3, 0.4) is 0 Å². The first-order chi connectivity index (χ1) is 10.2. The van der Waals surface area contributed by atoms with Gasteiger partial charge in [0.05, 0.1) is 0 Å². The van der Waals surface area contributed by atoms with Crippen molar-refractivity contribution in [3.05, 3.63) is 35.5 Å². The number of anilines is 1. The Morgan fingerprint density at radius 1 is 1.24 bits per heavy atom. The molecule has 1 saturated heterocycles. The standard InChI is InChI=1S/C17H22ClN3/c18-15-2-1-3-16(19-15)21-10-8-20(9-11-21)13-17-6-4-14(12-17)5-7-17/h1-4,6,14H,5,7-13H2. The van der Waals surface area contributed by atoms with Crippen molar-refractivity contribution in [2.24, 2.45) is 11.3 Å². The van der Waals surface area contributed by atoms with Gasteiger partial charge in [0.25, 0.3) is 0 Å². The number of rotatable bonds is 3. The Labute approximate surface area is 131 Å². The molecular weight excluding hydrogens is 282 g/mol. The van der Waals surface area contributed by atoms with Crippen LogP contribution in [-0.4, -0.2) is 42.6 Å². The maximum absolute atomic E-state index is 5.99. The molecule has 4 rings (SSSR count). The molecule has 1 aromatic heterocycles. The first kappa shape index (κ1) is 13.6. The van der Waals surface area contributed by atoms with Crippen LogP contribution in [0.25, 0.3) is 0 Å². The fourth-order valence-electron chi connectivity index (χ4n) is 4.21. The van der Waals surface area contributed by atoms with E-state index in [1.54, 1.807) is 0 Å². The molecule has 0 spiro atoms. The lowest BCUT2D eigenvalue weighted by atomic mass is 9.87. The number of allylic oxidation sites excluding steroid dienone is 1. The number of fused-ring (bicyclic) bond motifs is 2. The Bertz CT molecular complexity index is 551. The largest absolute Gasteiger partial charge is 0.354 e. The van der Waals surface area contributed by atoms with E-state index in [0.717, 1.165) is 37.9 Å². The van der Waals surface area contributed by atoms with Gasteiger partial charge in [-0.3, -0.25) is 4.90 Å². The fraction of sp³-hybridized carbons (Fsp3) is 0.588. The summed E-state index contributed by atoms with van der Waals surface area (Å²) in [5, 5.41) is 0.585. The number of halogens is 1. The van der Waals surface area contributed by atoms with E-state index in [-0.39, 0.29) is 0 Å². The molecule has 0 N–H and O–H groups in total. The maximum Gasteiger partial charge on any atom is 0.131 e. The highest BCUT2D eigenvalue weighted by Gasteiger charge is 2.41. The van der Waals surface area contributed by atoms with E-state index in [1.165, 1.54) is 25.8 Å². The number of nitrogens with zero attached hydrogens (tertiary/aromatic N) is 3. The molecule has 0 amide bonds. The van der Waals surface area contributed by atoms with Crippen molar-refractivity contribution in [2.45, 2.75) is 19.3 Å². The van der Waals surface area contributed by atoms with E-state index in [4.69, 9.17) is 11.6 Å².